The molecule has 61 heavy (non-hydrogen) atoms. The van der Waals surface area contributed by atoms with E-state index in [-0.39, 0.29) is 0 Å². The van der Waals surface area contributed by atoms with Crippen molar-refractivity contribution < 1.29 is 4.79 Å². The van der Waals surface area contributed by atoms with E-state index in [4.69, 9.17) is 0 Å². The Morgan fingerprint density at radius 3 is 1.46 bits per heavy atom. The number of carbonyl (C=O) groups excluding carboxylic acids is 1. The first-order valence-corrected chi connectivity index (χ1v) is 21.0. The predicted molar refractivity (Wildman–Crippen MR) is 253 cm³/mol. The molecule has 0 aromatic heterocycles. The molecular weight excluding hydrogens is 739 g/mol. The highest BCUT2D eigenvalue weighted by Crippen LogP contribution is 2.64. The molecule has 0 unspecified atom stereocenters. The third kappa shape index (κ3) is 4.94. The Labute approximate surface area is 355 Å². The van der Waals surface area contributed by atoms with Gasteiger partial charge in [0.1, 0.15) is 0 Å². The largest absolute Gasteiger partial charge is 0.283 e. The standard InChI is InChI=1S/C59H39NO/c1-38-18-5-6-21-41(38)50-36-39(34-35-55(50)60(37-61)40-19-3-2-4-20-40)56-44-24-7-9-26-46(44)57(47-27-10-8-25-45(47)56)49-29-17-33-54-58(49)48-28-13-16-32-53(48)59(54)51-30-14-11-22-42(51)43-23-12-15-31-52(43)59/h2-37H,1H3. The van der Waals surface area contributed by atoms with E-state index in [1.54, 1.807) is 4.90 Å². The molecule has 0 heterocycles. The van der Waals surface area contributed by atoms with Gasteiger partial charge in [-0.15, -0.1) is 0 Å². The van der Waals surface area contributed by atoms with Crippen molar-refractivity contribution >= 4 is 39.3 Å². The second-order valence-electron chi connectivity index (χ2n) is 16.3. The number of amides is 1. The number of aryl methyl sites for hydroxylation is 1. The maximum atomic E-state index is 12.9. The number of hydrogen-bond acceptors (Lipinski definition) is 1. The van der Waals surface area contributed by atoms with Crippen LogP contribution in [0, 0.1) is 6.92 Å². The molecule has 2 nitrogen and oxygen atoms in total. The Bertz CT molecular complexity index is 3310. The van der Waals surface area contributed by atoms with Crippen LogP contribution in [0.1, 0.15) is 27.8 Å². The summed E-state index contributed by atoms with van der Waals surface area (Å²) in [6.07, 6.45) is 0.926. The maximum Gasteiger partial charge on any atom is 0.218 e. The fourth-order valence-corrected chi connectivity index (χ4v) is 10.9. The van der Waals surface area contributed by atoms with Gasteiger partial charge in [-0.25, -0.2) is 0 Å². The highest BCUT2D eigenvalue weighted by atomic mass is 16.1. The summed E-state index contributed by atoms with van der Waals surface area (Å²) < 4.78 is 0. The van der Waals surface area contributed by atoms with Gasteiger partial charge in [-0.2, -0.15) is 0 Å². The van der Waals surface area contributed by atoms with E-state index in [2.05, 4.69) is 189 Å². The smallest absolute Gasteiger partial charge is 0.218 e. The van der Waals surface area contributed by atoms with Gasteiger partial charge in [-0.05, 0) is 131 Å². The van der Waals surface area contributed by atoms with E-state index in [0.29, 0.717) is 0 Å². The van der Waals surface area contributed by atoms with Gasteiger partial charge in [0, 0.05) is 11.3 Å². The number of anilines is 2. The normalized spacial score (nSPS) is 12.9. The number of nitrogens with zero attached hydrogens (tertiary/aromatic N) is 1. The zero-order valence-corrected chi connectivity index (χ0v) is 33.6. The van der Waals surface area contributed by atoms with Crippen LogP contribution in [0.15, 0.2) is 212 Å². The summed E-state index contributed by atoms with van der Waals surface area (Å²) in [4.78, 5) is 14.7. The molecule has 0 saturated heterocycles. The van der Waals surface area contributed by atoms with E-state index in [0.717, 1.165) is 40.0 Å². The number of benzene rings is 10. The van der Waals surface area contributed by atoms with E-state index in [9.17, 15) is 4.79 Å². The van der Waals surface area contributed by atoms with E-state index >= 15 is 0 Å². The maximum absolute atomic E-state index is 12.9. The molecule has 2 heteroatoms. The van der Waals surface area contributed by atoms with E-state index in [1.165, 1.54) is 82.7 Å². The first-order chi connectivity index (χ1) is 30.2. The quantitative estimate of drug-likeness (QED) is 0.122. The van der Waals surface area contributed by atoms with Crippen molar-refractivity contribution in [2.75, 3.05) is 4.90 Å². The highest BCUT2D eigenvalue weighted by molar-refractivity contribution is 6.23. The molecule has 0 aliphatic heterocycles. The fraction of sp³-hybridized carbons (Fsp3) is 0.0339. The van der Waals surface area contributed by atoms with Gasteiger partial charge in [-0.3, -0.25) is 9.69 Å². The Morgan fingerprint density at radius 1 is 0.377 bits per heavy atom. The van der Waals surface area contributed by atoms with Gasteiger partial charge in [-0.1, -0.05) is 188 Å². The first-order valence-electron chi connectivity index (χ1n) is 21.0. The molecule has 0 fully saturated rings. The SMILES string of the molecule is Cc1ccccc1-c1cc(-c2c3ccccc3c(-c3cccc4c3-c3ccccc3C43c4ccccc4-c4ccccc43)c3ccccc23)ccc1N(C=O)c1ccccc1. The molecule has 2 aliphatic rings. The average molecular weight is 778 g/mol. The Kier molecular flexibility index (Phi) is 7.85. The van der Waals surface area contributed by atoms with Crippen LogP contribution in [0.5, 0.6) is 0 Å². The minimum absolute atomic E-state index is 0.427. The zero-order valence-electron chi connectivity index (χ0n) is 33.6. The van der Waals surface area contributed by atoms with Crippen LogP contribution >= 0.6 is 0 Å². The van der Waals surface area contributed by atoms with E-state index in [1.807, 2.05) is 30.3 Å². The molecule has 1 amide bonds. The number of carbonyl (C=O) groups is 1. The summed E-state index contributed by atoms with van der Waals surface area (Å²) in [7, 11) is 0. The molecule has 1 spiro atoms. The molecule has 12 rings (SSSR count). The van der Waals surface area contributed by atoms with Gasteiger partial charge in [0.05, 0.1) is 11.1 Å². The molecule has 0 bridgehead atoms. The van der Waals surface area contributed by atoms with Crippen molar-refractivity contribution in [1.82, 2.24) is 0 Å². The summed E-state index contributed by atoms with van der Waals surface area (Å²) in [6.45, 7) is 2.14. The predicted octanol–water partition coefficient (Wildman–Crippen LogP) is 14.9. The van der Waals surface area contributed by atoms with Crippen LogP contribution in [0.3, 0.4) is 0 Å². The zero-order chi connectivity index (χ0) is 40.7. The van der Waals surface area contributed by atoms with Crippen molar-refractivity contribution in [2.24, 2.45) is 0 Å². The Morgan fingerprint density at radius 2 is 0.852 bits per heavy atom. The van der Waals surface area contributed by atoms with Gasteiger partial charge in [0.25, 0.3) is 0 Å². The molecule has 0 saturated carbocycles. The van der Waals surface area contributed by atoms with Crippen molar-refractivity contribution in [3.63, 3.8) is 0 Å². The van der Waals surface area contributed by atoms with Gasteiger partial charge in [0.2, 0.25) is 6.41 Å². The molecule has 0 atom stereocenters. The van der Waals surface area contributed by atoms with Crippen LogP contribution in [0.2, 0.25) is 0 Å². The topological polar surface area (TPSA) is 20.3 Å². The molecule has 10 aromatic rings. The monoisotopic (exact) mass is 777 g/mol. The number of fused-ring (bicyclic) bond motifs is 12. The summed E-state index contributed by atoms with van der Waals surface area (Å²) in [6, 6.07) is 76.9. The summed E-state index contributed by atoms with van der Waals surface area (Å²) in [5, 5.41) is 4.78. The van der Waals surface area contributed by atoms with Crippen LogP contribution in [0.4, 0.5) is 11.4 Å². The summed E-state index contributed by atoms with van der Waals surface area (Å²) >= 11 is 0. The lowest BCUT2D eigenvalue weighted by molar-refractivity contribution is -0.106. The third-order valence-electron chi connectivity index (χ3n) is 13.3. The lowest BCUT2D eigenvalue weighted by atomic mass is 9.70. The van der Waals surface area contributed by atoms with Crippen LogP contribution in [-0.2, 0) is 10.2 Å². The molecule has 10 aromatic carbocycles. The van der Waals surface area contributed by atoms with Crippen LogP contribution in [-0.4, -0.2) is 6.41 Å². The fourth-order valence-electron chi connectivity index (χ4n) is 10.9. The second kappa shape index (κ2) is 13.6. The molecule has 286 valence electrons. The summed E-state index contributed by atoms with van der Waals surface area (Å²) in [5.74, 6) is 0. The van der Waals surface area contributed by atoms with Crippen LogP contribution in [0.25, 0.3) is 77.2 Å². The van der Waals surface area contributed by atoms with Crippen molar-refractivity contribution in [3.05, 3.63) is 240 Å². The lowest BCUT2D eigenvalue weighted by Gasteiger charge is -2.30. The number of hydrogen-bond donors (Lipinski definition) is 0. The van der Waals surface area contributed by atoms with Crippen LogP contribution < -0.4 is 4.90 Å². The Balaban J connectivity index is 1.14. The molecule has 0 N–H and O–H groups in total. The minimum Gasteiger partial charge on any atom is -0.283 e. The van der Waals surface area contributed by atoms with Gasteiger partial charge in [0.15, 0.2) is 0 Å². The lowest BCUT2D eigenvalue weighted by Crippen LogP contribution is -2.25. The average Bonchev–Trinajstić information content (AvgIpc) is 3.79. The molecule has 2 aliphatic carbocycles. The third-order valence-corrected chi connectivity index (χ3v) is 13.3. The highest BCUT2D eigenvalue weighted by Gasteiger charge is 2.52. The van der Waals surface area contributed by atoms with Crippen molar-refractivity contribution in [2.45, 2.75) is 12.3 Å². The molecule has 0 radical (unpaired) electrons. The van der Waals surface area contributed by atoms with Gasteiger partial charge < -0.3 is 0 Å². The van der Waals surface area contributed by atoms with Gasteiger partial charge >= 0.3 is 0 Å². The Hall–Kier alpha value is -7.81. The molecular formula is C59H39NO. The summed E-state index contributed by atoms with van der Waals surface area (Å²) in [5.41, 5.74) is 19.8. The number of rotatable bonds is 6. The first kappa shape index (κ1) is 35.2. The second-order valence-corrected chi connectivity index (χ2v) is 16.3. The van der Waals surface area contributed by atoms with E-state index < -0.39 is 5.41 Å². The van der Waals surface area contributed by atoms with Crippen molar-refractivity contribution in [1.29, 1.82) is 0 Å². The van der Waals surface area contributed by atoms with Crippen molar-refractivity contribution in [3.8, 4) is 55.6 Å². The number of para-hydroxylation sites is 1. The minimum atomic E-state index is -0.427.